The molecule has 0 aromatic heterocycles. The first kappa shape index (κ1) is 17.7. The van der Waals surface area contributed by atoms with Gasteiger partial charge in [-0.1, -0.05) is 12.1 Å². The quantitative estimate of drug-likeness (QED) is 0.872. The number of amides is 1. The first-order chi connectivity index (χ1) is 10.9. The van der Waals surface area contributed by atoms with Gasteiger partial charge < -0.3 is 14.8 Å². The molecule has 0 radical (unpaired) electrons. The fourth-order valence-corrected chi connectivity index (χ4v) is 2.33. The molecular formula is C16H20F3NO3. The van der Waals surface area contributed by atoms with Crippen molar-refractivity contribution in [3.8, 4) is 0 Å². The second-order valence-corrected chi connectivity index (χ2v) is 5.48. The largest absolute Gasteiger partial charge is 0.416 e. The lowest BCUT2D eigenvalue weighted by atomic mass is 10.1. The van der Waals surface area contributed by atoms with Gasteiger partial charge in [-0.15, -0.1) is 0 Å². The van der Waals surface area contributed by atoms with E-state index in [1.165, 1.54) is 12.1 Å². The lowest BCUT2D eigenvalue weighted by Gasteiger charge is -2.22. The van der Waals surface area contributed by atoms with E-state index in [1.807, 2.05) is 0 Å². The molecule has 23 heavy (non-hydrogen) atoms. The average molecular weight is 331 g/mol. The number of carbonyl (C=O) groups is 1. The van der Waals surface area contributed by atoms with E-state index in [-0.39, 0.29) is 25.2 Å². The van der Waals surface area contributed by atoms with Crippen LogP contribution in [0.25, 0.3) is 0 Å². The maximum Gasteiger partial charge on any atom is 0.416 e. The fourth-order valence-electron chi connectivity index (χ4n) is 2.33. The Labute approximate surface area is 133 Å². The minimum atomic E-state index is -4.39. The van der Waals surface area contributed by atoms with E-state index in [9.17, 15) is 18.0 Å². The zero-order valence-corrected chi connectivity index (χ0v) is 12.7. The number of carbonyl (C=O) groups excluding carboxylic acids is 1. The highest BCUT2D eigenvalue weighted by Crippen LogP contribution is 2.29. The van der Waals surface area contributed by atoms with Gasteiger partial charge >= 0.3 is 6.18 Å². The van der Waals surface area contributed by atoms with Crippen LogP contribution in [-0.4, -0.2) is 31.8 Å². The van der Waals surface area contributed by atoms with Crippen molar-refractivity contribution < 1.29 is 27.4 Å². The molecule has 0 spiro atoms. The molecule has 1 aliphatic heterocycles. The lowest BCUT2D eigenvalue weighted by molar-refractivity contribution is -0.137. The van der Waals surface area contributed by atoms with Gasteiger partial charge in [-0.2, -0.15) is 13.2 Å². The maximum atomic E-state index is 12.6. The summed E-state index contributed by atoms with van der Waals surface area (Å²) in [7, 11) is 0. The van der Waals surface area contributed by atoms with Crippen LogP contribution in [-0.2, 0) is 27.0 Å². The highest BCUT2D eigenvalue weighted by Gasteiger charge is 2.30. The zero-order valence-electron chi connectivity index (χ0n) is 12.7. The van der Waals surface area contributed by atoms with Gasteiger partial charge in [-0.05, 0) is 37.0 Å². The predicted molar refractivity (Wildman–Crippen MR) is 77.7 cm³/mol. The van der Waals surface area contributed by atoms with Crippen molar-refractivity contribution in [2.75, 3.05) is 19.8 Å². The Bertz CT molecular complexity index is 514. The first-order valence-corrected chi connectivity index (χ1v) is 7.57. The third-order valence-electron chi connectivity index (χ3n) is 3.55. The molecule has 1 N–H and O–H groups in total. The maximum absolute atomic E-state index is 12.6. The summed E-state index contributed by atoms with van der Waals surface area (Å²) >= 11 is 0. The Hall–Kier alpha value is -1.60. The van der Waals surface area contributed by atoms with Crippen LogP contribution < -0.4 is 5.32 Å². The molecule has 0 bridgehead atoms. The number of alkyl halides is 3. The molecule has 1 aromatic carbocycles. The monoisotopic (exact) mass is 331 g/mol. The normalized spacial score (nSPS) is 18.7. The molecular weight excluding hydrogens is 311 g/mol. The smallest absolute Gasteiger partial charge is 0.376 e. The Morgan fingerprint density at radius 3 is 2.87 bits per heavy atom. The summed E-state index contributed by atoms with van der Waals surface area (Å²) in [5, 5.41) is 2.54. The number of nitrogens with one attached hydrogen (secondary N) is 1. The Balaban J connectivity index is 1.69. The van der Waals surface area contributed by atoms with Gasteiger partial charge in [-0.25, -0.2) is 0 Å². The van der Waals surface area contributed by atoms with Gasteiger partial charge in [0.15, 0.2) is 0 Å². The molecule has 1 aliphatic rings. The molecule has 0 saturated carbocycles. The number of hydrogen-bond acceptors (Lipinski definition) is 3. The van der Waals surface area contributed by atoms with E-state index in [4.69, 9.17) is 9.47 Å². The molecule has 7 heteroatoms. The summed E-state index contributed by atoms with van der Waals surface area (Å²) in [5.74, 6) is -0.363. The predicted octanol–water partition coefficient (Wildman–Crippen LogP) is 2.91. The van der Waals surface area contributed by atoms with Crippen LogP contribution in [0.3, 0.4) is 0 Å². The minimum absolute atomic E-state index is 0.0278. The molecule has 2 rings (SSSR count). The molecule has 1 fully saturated rings. The topological polar surface area (TPSA) is 47.6 Å². The van der Waals surface area contributed by atoms with Crippen LogP contribution in [0.4, 0.5) is 13.2 Å². The lowest BCUT2D eigenvalue weighted by Crippen LogP contribution is -2.30. The fraction of sp³-hybridized carbons (Fsp3) is 0.562. The highest BCUT2D eigenvalue weighted by molar-refractivity contribution is 5.77. The highest BCUT2D eigenvalue weighted by atomic mass is 19.4. The van der Waals surface area contributed by atoms with E-state index in [1.54, 1.807) is 0 Å². The third kappa shape index (κ3) is 6.19. The van der Waals surface area contributed by atoms with Gasteiger partial charge in [0.25, 0.3) is 0 Å². The standard InChI is InChI=1S/C16H20F3NO3/c17-16(18,19)13-5-3-4-12(8-13)9-20-15(21)11-22-10-14-6-1-2-7-23-14/h3-5,8,14H,1-2,6-7,9-11H2,(H,20,21)/t14-/m1/s1. The second-order valence-electron chi connectivity index (χ2n) is 5.48. The summed E-state index contributed by atoms with van der Waals surface area (Å²) in [6.45, 7) is 0.984. The van der Waals surface area contributed by atoms with Crippen LogP contribution in [0.5, 0.6) is 0 Å². The molecule has 4 nitrogen and oxygen atoms in total. The van der Waals surface area contributed by atoms with Gasteiger partial charge in [0.1, 0.15) is 6.61 Å². The summed E-state index contributed by atoms with van der Waals surface area (Å²) in [6, 6.07) is 4.88. The summed E-state index contributed by atoms with van der Waals surface area (Å²) < 4.78 is 48.5. The second kappa shape index (κ2) is 8.31. The molecule has 0 aliphatic carbocycles. The molecule has 0 unspecified atom stereocenters. The van der Waals surface area contributed by atoms with Gasteiger partial charge in [0, 0.05) is 13.2 Å². The summed E-state index contributed by atoms with van der Waals surface area (Å²) in [4.78, 5) is 11.6. The van der Waals surface area contributed by atoms with E-state index in [0.717, 1.165) is 38.0 Å². The van der Waals surface area contributed by atoms with Crippen LogP contribution >= 0.6 is 0 Å². The Morgan fingerprint density at radius 2 is 2.17 bits per heavy atom. The third-order valence-corrected chi connectivity index (χ3v) is 3.55. The number of hydrogen-bond donors (Lipinski definition) is 1. The molecule has 128 valence electrons. The number of rotatable bonds is 6. The first-order valence-electron chi connectivity index (χ1n) is 7.57. The summed E-state index contributed by atoms with van der Waals surface area (Å²) in [6.07, 6.45) is -1.29. The zero-order chi connectivity index (χ0) is 16.7. The van der Waals surface area contributed by atoms with Crippen molar-refractivity contribution in [3.63, 3.8) is 0 Å². The molecule has 1 amide bonds. The Kier molecular flexibility index (Phi) is 6.41. The van der Waals surface area contributed by atoms with Crippen molar-refractivity contribution in [1.29, 1.82) is 0 Å². The average Bonchev–Trinajstić information content (AvgIpc) is 2.53. The Morgan fingerprint density at radius 1 is 1.35 bits per heavy atom. The number of ether oxygens (including phenoxy) is 2. The van der Waals surface area contributed by atoms with E-state index >= 15 is 0 Å². The van der Waals surface area contributed by atoms with Crippen LogP contribution in [0.1, 0.15) is 30.4 Å². The van der Waals surface area contributed by atoms with E-state index in [2.05, 4.69) is 5.32 Å². The summed E-state index contributed by atoms with van der Waals surface area (Å²) in [5.41, 5.74) is -0.335. The van der Waals surface area contributed by atoms with Gasteiger partial charge in [0.2, 0.25) is 5.91 Å². The van der Waals surface area contributed by atoms with Crippen molar-refractivity contribution >= 4 is 5.91 Å². The minimum Gasteiger partial charge on any atom is -0.376 e. The van der Waals surface area contributed by atoms with Crippen LogP contribution in [0.15, 0.2) is 24.3 Å². The van der Waals surface area contributed by atoms with Crippen molar-refractivity contribution in [3.05, 3.63) is 35.4 Å². The molecule has 1 atom stereocenters. The van der Waals surface area contributed by atoms with E-state index in [0.29, 0.717) is 12.2 Å². The van der Waals surface area contributed by atoms with E-state index < -0.39 is 11.7 Å². The molecule has 1 saturated heterocycles. The number of benzene rings is 1. The van der Waals surface area contributed by atoms with Crippen LogP contribution in [0.2, 0.25) is 0 Å². The van der Waals surface area contributed by atoms with Gasteiger partial charge in [-0.3, -0.25) is 4.79 Å². The SMILES string of the molecule is O=C(COC[C@H]1CCCCO1)NCc1cccc(C(F)(F)F)c1. The van der Waals surface area contributed by atoms with Crippen molar-refractivity contribution in [2.24, 2.45) is 0 Å². The molecule has 1 heterocycles. The van der Waals surface area contributed by atoms with Gasteiger partial charge in [0.05, 0.1) is 18.3 Å². The van der Waals surface area contributed by atoms with Crippen molar-refractivity contribution in [2.45, 2.75) is 38.1 Å². The van der Waals surface area contributed by atoms with Crippen LogP contribution in [0, 0.1) is 0 Å². The van der Waals surface area contributed by atoms with Crippen molar-refractivity contribution in [1.82, 2.24) is 5.32 Å². The molecule has 1 aromatic rings. The number of halogens is 3.